The Morgan fingerprint density at radius 1 is 0.264 bits per heavy atom. The van der Waals surface area contributed by atoms with Crippen molar-refractivity contribution in [3.63, 3.8) is 0 Å². The van der Waals surface area contributed by atoms with Crippen LogP contribution in [0.25, 0.3) is 0 Å². The summed E-state index contributed by atoms with van der Waals surface area (Å²) in [5.41, 5.74) is 0. The maximum atomic E-state index is 13.1. The summed E-state index contributed by atoms with van der Waals surface area (Å²) in [6.07, 6.45) is 93.0. The van der Waals surface area contributed by atoms with E-state index in [0.717, 1.165) is 199 Å². The topological polar surface area (TPSA) is 237 Å². The minimum Gasteiger partial charge on any atom is -0.462 e. The fourth-order valence-electron chi connectivity index (χ4n) is 9.91. The third-order valence-corrected chi connectivity index (χ3v) is 17.8. The number of allylic oxidation sites excluding steroid dienone is 30. The van der Waals surface area contributed by atoms with Crippen LogP contribution in [0.15, 0.2) is 182 Å². The molecule has 0 aliphatic rings. The molecule has 3 N–H and O–H groups in total. The molecule has 0 aromatic heterocycles. The molecule has 5 unspecified atom stereocenters. The lowest BCUT2D eigenvalue weighted by Gasteiger charge is -2.21. The molecular formula is C87H140O17P2. The number of phosphoric acid groups is 2. The van der Waals surface area contributed by atoms with Gasteiger partial charge in [-0.25, -0.2) is 9.13 Å². The van der Waals surface area contributed by atoms with Crippen molar-refractivity contribution >= 4 is 39.5 Å². The van der Waals surface area contributed by atoms with Gasteiger partial charge in [-0.15, -0.1) is 0 Å². The quantitative estimate of drug-likeness (QED) is 0.0169. The van der Waals surface area contributed by atoms with E-state index in [0.29, 0.717) is 32.1 Å². The first-order valence-corrected chi connectivity index (χ1v) is 43.0. The second kappa shape index (κ2) is 77.3. The summed E-state index contributed by atoms with van der Waals surface area (Å²) >= 11 is 0. The van der Waals surface area contributed by atoms with Crippen molar-refractivity contribution in [1.82, 2.24) is 0 Å². The molecule has 0 amide bonds. The van der Waals surface area contributed by atoms with Gasteiger partial charge in [0.25, 0.3) is 0 Å². The number of hydrogen-bond donors (Lipinski definition) is 3. The maximum Gasteiger partial charge on any atom is 0.472 e. The van der Waals surface area contributed by atoms with Gasteiger partial charge in [0.1, 0.15) is 19.3 Å². The van der Waals surface area contributed by atoms with Crippen molar-refractivity contribution in [3.05, 3.63) is 182 Å². The summed E-state index contributed by atoms with van der Waals surface area (Å²) in [4.78, 5) is 73.1. The summed E-state index contributed by atoms with van der Waals surface area (Å²) in [6.45, 7) is 4.29. The number of esters is 4. The van der Waals surface area contributed by atoms with Crippen LogP contribution < -0.4 is 0 Å². The van der Waals surface area contributed by atoms with Gasteiger partial charge in [-0.2, -0.15) is 0 Å². The fourth-order valence-corrected chi connectivity index (χ4v) is 11.5. The van der Waals surface area contributed by atoms with E-state index in [2.05, 4.69) is 210 Å². The Hall–Kier alpha value is -5.84. The first kappa shape index (κ1) is 100. The van der Waals surface area contributed by atoms with E-state index in [-0.39, 0.29) is 25.7 Å². The molecule has 19 heteroatoms. The number of phosphoric ester groups is 2. The van der Waals surface area contributed by atoms with Crippen LogP contribution in [-0.2, 0) is 65.4 Å². The SMILES string of the molecule is CC/C=C\C/C=C\C/C=C\C/C=C\CCCCCCCCC(=O)OCC(COP(=O)(O)OCC(O)COP(=O)(O)OCC(COC(=O)CCCCCC/C=C\C/C=C\C/C=C\C/C=C\CC)OC(=O)CCCC/C=C\C/C=C\C/C=C\C/C=C\CC)OC(=O)CCCCCCC/C=C\C/C=C\C/C=C\CC. The van der Waals surface area contributed by atoms with Gasteiger partial charge in [-0.05, 0) is 173 Å². The molecule has 0 saturated heterocycles. The standard InChI is InChI=1S/C87H140O17P2/c1-5-9-13-17-21-25-29-33-37-39-40-42-46-48-52-56-60-64-68-72-85(90)98-78-83(104-87(92)74-70-66-62-58-54-50-44-36-32-28-24-20-16-12-8-4)80-102-106(95,96)100-76-81(88)75-99-105(93,94)101-79-82(103-86(91)73-69-65-61-57-53-49-43-35-31-27-23-19-15-11-7-3)77-97-84(89)71-67-63-59-55-51-47-45-41-38-34-30-26-22-18-14-10-6-2/h9-16,21-28,33-38,40,42-45,47,53,57,81-83,88H,5-8,17-20,29-32,39,41,46,48-52,54-56,58-80H2,1-4H3,(H,93,94)(H,95,96)/b13-9-,14-10-,15-11-,16-12-,25-21-,26-22-,27-23-,28-24-,37-33-,38-34-,42-40-,43-35-,44-36-,47-45-,57-53-. The summed E-state index contributed by atoms with van der Waals surface area (Å²) in [5, 5.41) is 10.6. The monoisotopic (exact) mass is 1520 g/mol. The number of carbonyl (C=O) groups is 4. The normalized spacial score (nSPS) is 14.8. The van der Waals surface area contributed by atoms with Gasteiger partial charge in [-0.3, -0.25) is 37.3 Å². The first-order valence-electron chi connectivity index (χ1n) is 40.0. The molecule has 600 valence electrons. The van der Waals surface area contributed by atoms with Gasteiger partial charge in [0.05, 0.1) is 26.4 Å². The third-order valence-electron chi connectivity index (χ3n) is 15.9. The Bertz CT molecular complexity index is 2730. The van der Waals surface area contributed by atoms with Crippen LogP contribution in [-0.4, -0.2) is 96.7 Å². The van der Waals surface area contributed by atoms with Crippen LogP contribution in [0.2, 0.25) is 0 Å². The zero-order chi connectivity index (χ0) is 77.4. The Morgan fingerprint density at radius 3 is 0.726 bits per heavy atom. The molecule has 17 nitrogen and oxygen atoms in total. The molecular weight excluding hydrogens is 1380 g/mol. The number of aliphatic hydroxyl groups is 1. The molecule has 0 aromatic rings. The third kappa shape index (κ3) is 76.4. The van der Waals surface area contributed by atoms with Crippen LogP contribution in [0.4, 0.5) is 0 Å². The number of rotatable bonds is 73. The van der Waals surface area contributed by atoms with Gasteiger partial charge in [0.15, 0.2) is 12.2 Å². The van der Waals surface area contributed by atoms with E-state index in [1.54, 1.807) is 0 Å². The number of ether oxygens (including phenoxy) is 4. The van der Waals surface area contributed by atoms with Gasteiger partial charge in [-0.1, -0.05) is 268 Å². The molecule has 0 aromatic carbocycles. The molecule has 0 bridgehead atoms. The number of carbonyl (C=O) groups excluding carboxylic acids is 4. The summed E-state index contributed by atoms with van der Waals surface area (Å²) < 4.78 is 68.6. The van der Waals surface area contributed by atoms with Crippen LogP contribution >= 0.6 is 15.6 Å². The Labute approximate surface area is 641 Å². The van der Waals surface area contributed by atoms with E-state index in [9.17, 15) is 43.2 Å². The van der Waals surface area contributed by atoms with Crippen molar-refractivity contribution in [2.75, 3.05) is 39.6 Å². The average Bonchev–Trinajstić information content (AvgIpc) is 0.909. The van der Waals surface area contributed by atoms with E-state index in [1.807, 2.05) is 0 Å². The molecule has 106 heavy (non-hydrogen) atoms. The highest BCUT2D eigenvalue weighted by Crippen LogP contribution is 2.45. The molecule has 0 fully saturated rings. The lowest BCUT2D eigenvalue weighted by atomic mass is 10.1. The highest BCUT2D eigenvalue weighted by Gasteiger charge is 2.30. The molecule has 0 radical (unpaired) electrons. The zero-order valence-corrected chi connectivity index (χ0v) is 67.3. The number of aliphatic hydroxyl groups excluding tert-OH is 1. The lowest BCUT2D eigenvalue weighted by Crippen LogP contribution is -2.30. The van der Waals surface area contributed by atoms with Gasteiger partial charge in [0.2, 0.25) is 0 Å². The largest absolute Gasteiger partial charge is 0.472 e. The second-order valence-electron chi connectivity index (χ2n) is 25.8. The number of unbranched alkanes of at least 4 members (excludes halogenated alkanes) is 17. The maximum absolute atomic E-state index is 13.1. The van der Waals surface area contributed by atoms with E-state index in [1.165, 1.54) is 0 Å². The summed E-state index contributed by atoms with van der Waals surface area (Å²) in [6, 6.07) is 0. The molecule has 0 saturated carbocycles. The highest BCUT2D eigenvalue weighted by atomic mass is 31.2. The molecule has 5 atom stereocenters. The van der Waals surface area contributed by atoms with Gasteiger partial charge >= 0.3 is 39.5 Å². The summed E-state index contributed by atoms with van der Waals surface area (Å²) in [7, 11) is -10.0. The lowest BCUT2D eigenvalue weighted by molar-refractivity contribution is -0.161. The minimum atomic E-state index is -5.01. The zero-order valence-electron chi connectivity index (χ0n) is 65.5. The Balaban J connectivity index is 5.46. The average molecular weight is 1520 g/mol. The van der Waals surface area contributed by atoms with Crippen LogP contribution in [0.3, 0.4) is 0 Å². The second-order valence-corrected chi connectivity index (χ2v) is 28.7. The van der Waals surface area contributed by atoms with Crippen LogP contribution in [0.5, 0.6) is 0 Å². The van der Waals surface area contributed by atoms with Crippen LogP contribution in [0, 0.1) is 0 Å². The molecule has 0 heterocycles. The number of hydrogen-bond acceptors (Lipinski definition) is 15. The van der Waals surface area contributed by atoms with Crippen molar-refractivity contribution in [2.45, 2.75) is 303 Å². The fraction of sp³-hybridized carbons (Fsp3) is 0.609. The molecule has 0 rings (SSSR count). The predicted octanol–water partition coefficient (Wildman–Crippen LogP) is 23.6. The molecule has 0 aliphatic heterocycles. The Morgan fingerprint density at radius 2 is 0.462 bits per heavy atom. The predicted molar refractivity (Wildman–Crippen MR) is 436 cm³/mol. The minimum absolute atomic E-state index is 0.0297. The van der Waals surface area contributed by atoms with E-state index in [4.69, 9.17) is 37.0 Å². The smallest absolute Gasteiger partial charge is 0.462 e. The van der Waals surface area contributed by atoms with E-state index < -0.39 is 97.5 Å². The van der Waals surface area contributed by atoms with Crippen LogP contribution in [0.1, 0.15) is 285 Å². The highest BCUT2D eigenvalue weighted by molar-refractivity contribution is 7.47. The summed E-state index contributed by atoms with van der Waals surface area (Å²) in [5.74, 6) is -2.30. The van der Waals surface area contributed by atoms with Crippen molar-refractivity contribution in [3.8, 4) is 0 Å². The Kier molecular flexibility index (Phi) is 73.1. The van der Waals surface area contributed by atoms with E-state index >= 15 is 0 Å². The van der Waals surface area contributed by atoms with Crippen molar-refractivity contribution in [2.24, 2.45) is 0 Å². The van der Waals surface area contributed by atoms with Gasteiger partial charge in [0, 0.05) is 25.7 Å². The molecule has 0 aliphatic carbocycles. The first-order chi connectivity index (χ1) is 51.7. The molecule has 0 spiro atoms. The van der Waals surface area contributed by atoms with Crippen molar-refractivity contribution < 1.29 is 80.2 Å². The van der Waals surface area contributed by atoms with Gasteiger partial charge < -0.3 is 33.8 Å². The van der Waals surface area contributed by atoms with Crippen molar-refractivity contribution in [1.29, 1.82) is 0 Å².